The summed E-state index contributed by atoms with van der Waals surface area (Å²) in [5.74, 6) is 0.937. The molecular formula is C20H30N2O. The van der Waals surface area contributed by atoms with Gasteiger partial charge < -0.3 is 10.2 Å². The molecule has 3 rings (SSSR count). The molecule has 1 aromatic carbocycles. The SMILES string of the molecule is O=C(C[C@H]1CCNC1)N(CCc1ccccc1)C1CCCCC1. The van der Waals surface area contributed by atoms with Crippen molar-refractivity contribution in [2.75, 3.05) is 19.6 Å². The van der Waals surface area contributed by atoms with Crippen LogP contribution in [0, 0.1) is 5.92 Å². The molecule has 1 aromatic rings. The van der Waals surface area contributed by atoms with Crippen molar-refractivity contribution >= 4 is 5.91 Å². The van der Waals surface area contributed by atoms with Crippen LogP contribution < -0.4 is 5.32 Å². The first-order valence-corrected chi connectivity index (χ1v) is 9.37. The highest BCUT2D eigenvalue weighted by atomic mass is 16.2. The minimum Gasteiger partial charge on any atom is -0.339 e. The fourth-order valence-electron chi connectivity index (χ4n) is 4.05. The van der Waals surface area contributed by atoms with Crippen molar-refractivity contribution < 1.29 is 4.79 Å². The number of carbonyl (C=O) groups is 1. The molecule has 126 valence electrons. The number of nitrogens with zero attached hydrogens (tertiary/aromatic N) is 1. The van der Waals surface area contributed by atoms with Crippen molar-refractivity contribution in [3.8, 4) is 0 Å². The zero-order valence-corrected chi connectivity index (χ0v) is 14.2. The zero-order valence-electron chi connectivity index (χ0n) is 14.2. The van der Waals surface area contributed by atoms with Crippen molar-refractivity contribution in [1.82, 2.24) is 10.2 Å². The van der Waals surface area contributed by atoms with E-state index in [1.54, 1.807) is 0 Å². The molecule has 23 heavy (non-hydrogen) atoms. The van der Waals surface area contributed by atoms with Gasteiger partial charge in [-0.05, 0) is 50.3 Å². The Bertz CT molecular complexity index is 476. The number of benzene rings is 1. The Morgan fingerprint density at radius 1 is 1.09 bits per heavy atom. The van der Waals surface area contributed by atoms with Gasteiger partial charge in [0.1, 0.15) is 0 Å². The number of amides is 1. The van der Waals surface area contributed by atoms with E-state index in [9.17, 15) is 4.79 Å². The summed E-state index contributed by atoms with van der Waals surface area (Å²) in [6, 6.07) is 11.1. The van der Waals surface area contributed by atoms with Crippen LogP contribution in [0.2, 0.25) is 0 Å². The third-order valence-electron chi connectivity index (χ3n) is 5.45. The summed E-state index contributed by atoms with van der Waals surface area (Å²) < 4.78 is 0. The highest BCUT2D eigenvalue weighted by molar-refractivity contribution is 5.77. The third-order valence-corrected chi connectivity index (χ3v) is 5.45. The lowest BCUT2D eigenvalue weighted by molar-refractivity contribution is -0.135. The van der Waals surface area contributed by atoms with Gasteiger partial charge in [-0.2, -0.15) is 0 Å². The Kier molecular flexibility index (Phi) is 6.09. The number of nitrogens with one attached hydrogen (secondary N) is 1. The fraction of sp³-hybridized carbons (Fsp3) is 0.650. The van der Waals surface area contributed by atoms with Crippen LogP contribution >= 0.6 is 0 Å². The smallest absolute Gasteiger partial charge is 0.223 e. The van der Waals surface area contributed by atoms with Crippen LogP contribution in [0.4, 0.5) is 0 Å². The molecule has 1 aliphatic carbocycles. The molecule has 2 fully saturated rings. The van der Waals surface area contributed by atoms with E-state index >= 15 is 0 Å². The molecule has 0 radical (unpaired) electrons. The van der Waals surface area contributed by atoms with E-state index in [1.165, 1.54) is 37.7 Å². The predicted molar refractivity (Wildman–Crippen MR) is 94.3 cm³/mol. The molecule has 3 heteroatoms. The first kappa shape index (κ1) is 16.5. The van der Waals surface area contributed by atoms with Crippen LogP contribution in [-0.4, -0.2) is 36.5 Å². The Balaban J connectivity index is 1.61. The molecule has 0 bridgehead atoms. The van der Waals surface area contributed by atoms with Gasteiger partial charge >= 0.3 is 0 Å². The summed E-state index contributed by atoms with van der Waals surface area (Å²) >= 11 is 0. The molecule has 1 heterocycles. The Hall–Kier alpha value is -1.35. The van der Waals surface area contributed by atoms with Gasteiger partial charge in [-0.1, -0.05) is 49.6 Å². The van der Waals surface area contributed by atoms with Gasteiger partial charge in [0.15, 0.2) is 0 Å². The first-order valence-electron chi connectivity index (χ1n) is 9.37. The predicted octanol–water partition coefficient (Wildman–Crippen LogP) is 3.39. The van der Waals surface area contributed by atoms with Crippen molar-refractivity contribution in [3.63, 3.8) is 0 Å². The van der Waals surface area contributed by atoms with Crippen molar-refractivity contribution in [2.24, 2.45) is 5.92 Å². The lowest BCUT2D eigenvalue weighted by Gasteiger charge is -2.35. The number of rotatable bonds is 6. The van der Waals surface area contributed by atoms with E-state index in [-0.39, 0.29) is 0 Å². The van der Waals surface area contributed by atoms with Gasteiger partial charge in [0.25, 0.3) is 0 Å². The number of hydrogen-bond acceptors (Lipinski definition) is 2. The van der Waals surface area contributed by atoms with E-state index in [4.69, 9.17) is 0 Å². The summed E-state index contributed by atoms with van der Waals surface area (Å²) in [6.07, 6.45) is 9.17. The van der Waals surface area contributed by atoms with Gasteiger partial charge in [0, 0.05) is 19.0 Å². The minimum absolute atomic E-state index is 0.390. The van der Waals surface area contributed by atoms with Gasteiger partial charge in [-0.25, -0.2) is 0 Å². The summed E-state index contributed by atoms with van der Waals surface area (Å²) in [5, 5.41) is 3.38. The summed E-state index contributed by atoms with van der Waals surface area (Å²) in [7, 11) is 0. The average molecular weight is 314 g/mol. The van der Waals surface area contributed by atoms with Crippen LogP contribution in [0.5, 0.6) is 0 Å². The van der Waals surface area contributed by atoms with Crippen LogP contribution in [-0.2, 0) is 11.2 Å². The van der Waals surface area contributed by atoms with Crippen LogP contribution in [0.1, 0.15) is 50.5 Å². The maximum atomic E-state index is 12.9. The quantitative estimate of drug-likeness (QED) is 0.873. The maximum Gasteiger partial charge on any atom is 0.223 e. The van der Waals surface area contributed by atoms with E-state index in [0.717, 1.165) is 38.9 Å². The maximum absolute atomic E-state index is 12.9. The summed E-state index contributed by atoms with van der Waals surface area (Å²) in [4.78, 5) is 15.1. The summed E-state index contributed by atoms with van der Waals surface area (Å²) in [5.41, 5.74) is 1.34. The molecular weight excluding hydrogens is 284 g/mol. The van der Waals surface area contributed by atoms with E-state index in [0.29, 0.717) is 17.9 Å². The largest absolute Gasteiger partial charge is 0.339 e. The third kappa shape index (κ3) is 4.81. The highest BCUT2D eigenvalue weighted by Gasteiger charge is 2.27. The molecule has 0 aromatic heterocycles. The van der Waals surface area contributed by atoms with E-state index in [2.05, 4.69) is 40.5 Å². The highest BCUT2D eigenvalue weighted by Crippen LogP contribution is 2.25. The molecule has 0 unspecified atom stereocenters. The zero-order chi connectivity index (χ0) is 15.9. The first-order chi connectivity index (χ1) is 11.3. The molecule has 0 spiro atoms. The van der Waals surface area contributed by atoms with Gasteiger partial charge in [0.05, 0.1) is 0 Å². The van der Waals surface area contributed by atoms with Crippen LogP contribution in [0.15, 0.2) is 30.3 Å². The average Bonchev–Trinajstić information content (AvgIpc) is 3.10. The minimum atomic E-state index is 0.390. The molecule has 2 aliphatic rings. The van der Waals surface area contributed by atoms with Gasteiger partial charge in [-0.15, -0.1) is 0 Å². The lowest BCUT2D eigenvalue weighted by Crippen LogP contribution is -2.43. The van der Waals surface area contributed by atoms with Crippen LogP contribution in [0.3, 0.4) is 0 Å². The van der Waals surface area contributed by atoms with Crippen molar-refractivity contribution in [3.05, 3.63) is 35.9 Å². The molecule has 1 N–H and O–H groups in total. The molecule has 1 aliphatic heterocycles. The molecule has 1 saturated carbocycles. The van der Waals surface area contributed by atoms with Crippen molar-refractivity contribution in [1.29, 1.82) is 0 Å². The van der Waals surface area contributed by atoms with Gasteiger partial charge in [0.2, 0.25) is 5.91 Å². The Labute approximate surface area is 140 Å². The standard InChI is InChI=1S/C20H30N2O/c23-20(15-18-11-13-21-16-18)22(19-9-5-2-6-10-19)14-12-17-7-3-1-4-8-17/h1,3-4,7-8,18-19,21H,2,5-6,9-16H2/t18-/m1/s1. The van der Waals surface area contributed by atoms with E-state index < -0.39 is 0 Å². The monoisotopic (exact) mass is 314 g/mol. The molecule has 1 saturated heterocycles. The van der Waals surface area contributed by atoms with Crippen molar-refractivity contribution in [2.45, 2.75) is 57.4 Å². The lowest BCUT2D eigenvalue weighted by atomic mass is 9.93. The van der Waals surface area contributed by atoms with E-state index in [1.807, 2.05) is 0 Å². The topological polar surface area (TPSA) is 32.3 Å². The Morgan fingerprint density at radius 3 is 2.57 bits per heavy atom. The second-order valence-corrected chi connectivity index (χ2v) is 7.18. The number of hydrogen-bond donors (Lipinski definition) is 1. The summed E-state index contributed by atoms with van der Waals surface area (Å²) in [6.45, 7) is 2.97. The molecule has 1 amide bonds. The molecule has 3 nitrogen and oxygen atoms in total. The second-order valence-electron chi connectivity index (χ2n) is 7.18. The van der Waals surface area contributed by atoms with Gasteiger partial charge in [-0.3, -0.25) is 4.79 Å². The fourth-order valence-corrected chi connectivity index (χ4v) is 4.05. The van der Waals surface area contributed by atoms with Crippen LogP contribution in [0.25, 0.3) is 0 Å². The molecule has 1 atom stereocenters. The second kappa shape index (κ2) is 8.49. The Morgan fingerprint density at radius 2 is 1.87 bits per heavy atom. The number of carbonyl (C=O) groups excluding carboxylic acids is 1. The normalized spacial score (nSPS) is 22.2.